The van der Waals surface area contributed by atoms with Gasteiger partial charge in [-0.25, -0.2) is 0 Å². The Labute approximate surface area is 236 Å². The van der Waals surface area contributed by atoms with Crippen molar-refractivity contribution >= 4 is 16.7 Å². The molecular weight excluding hydrogens is 523 g/mol. The topological polar surface area (TPSA) is 80.5 Å². The van der Waals surface area contributed by atoms with Gasteiger partial charge in [0.2, 0.25) is 11.3 Å². The molecule has 206 valence electrons. The highest BCUT2D eigenvalue weighted by molar-refractivity contribution is 5.70. The molecule has 1 aliphatic rings. The minimum Gasteiger partial charge on any atom is -1.00 e. The van der Waals surface area contributed by atoms with Gasteiger partial charge >= 0.3 is 0 Å². The highest BCUT2D eigenvalue weighted by Crippen LogP contribution is 2.16. The average molecular weight is 562 g/mol. The lowest BCUT2D eigenvalue weighted by Gasteiger charge is -2.30. The van der Waals surface area contributed by atoms with Crippen molar-refractivity contribution in [1.29, 1.82) is 0 Å². The van der Waals surface area contributed by atoms with Gasteiger partial charge in [0.05, 0.1) is 20.2 Å². The summed E-state index contributed by atoms with van der Waals surface area (Å²) in [4.78, 5) is 23.3. The standard InChI is InChI=1S/C28H36N6O2.2ClH/c1-4-24-30-20(2)26-28(35)33(23-11-12-25(36-3)31-27(23)34(24)26)16-8-15-29-22-13-17-32(18-14-22)19-21-9-6-5-7-10-21;;/h5-7,9-12,22,29H,4,8,13-19H2,1-3H3;2*1H. The van der Waals surface area contributed by atoms with Crippen molar-refractivity contribution in [3.8, 4) is 5.88 Å². The maximum atomic E-state index is 13.6. The Morgan fingerprint density at radius 2 is 1.89 bits per heavy atom. The number of fused-ring (bicyclic) bond motifs is 3. The Balaban J connectivity index is 0.00000200. The van der Waals surface area contributed by atoms with Gasteiger partial charge in [0.15, 0.2) is 0 Å². The summed E-state index contributed by atoms with van der Waals surface area (Å²) < 4.78 is 9.24. The maximum Gasteiger partial charge on any atom is 0.296 e. The highest BCUT2D eigenvalue weighted by Gasteiger charge is 2.25. The molecule has 4 aromatic rings. The molecule has 10 heteroatoms. The van der Waals surface area contributed by atoms with E-state index in [9.17, 15) is 4.79 Å². The van der Waals surface area contributed by atoms with Gasteiger partial charge in [-0.05, 0) is 26.0 Å². The number of aromatic amines is 1. The molecule has 0 atom stereocenters. The molecule has 0 radical (unpaired) electrons. The fourth-order valence-corrected chi connectivity index (χ4v) is 5.58. The summed E-state index contributed by atoms with van der Waals surface area (Å²) >= 11 is 0. The quantitative estimate of drug-likeness (QED) is 0.143. The number of rotatable bonds is 9. The third kappa shape index (κ3) is 6.15. The molecule has 0 spiro atoms. The molecule has 0 amide bonds. The number of nitrogens with zero attached hydrogens (tertiary/aromatic N) is 3. The summed E-state index contributed by atoms with van der Waals surface area (Å²) in [6.07, 6.45) is 4.06. The van der Waals surface area contributed by atoms with E-state index in [1.54, 1.807) is 12.0 Å². The van der Waals surface area contributed by atoms with E-state index in [1.807, 2.05) is 28.0 Å². The van der Waals surface area contributed by atoms with Gasteiger partial charge in [0, 0.05) is 43.5 Å². The fourth-order valence-electron chi connectivity index (χ4n) is 5.58. The van der Waals surface area contributed by atoms with Crippen LogP contribution in [0.2, 0.25) is 0 Å². The van der Waals surface area contributed by atoms with E-state index in [0.29, 0.717) is 24.0 Å². The first-order chi connectivity index (χ1) is 17.6. The largest absolute Gasteiger partial charge is 1.00 e. The van der Waals surface area contributed by atoms with Gasteiger partial charge < -0.3 is 39.8 Å². The van der Waals surface area contributed by atoms with Crippen molar-refractivity contribution in [2.24, 2.45) is 0 Å². The van der Waals surface area contributed by atoms with Crippen LogP contribution < -0.4 is 49.7 Å². The van der Waals surface area contributed by atoms with E-state index >= 15 is 0 Å². The molecule has 3 N–H and O–H groups in total. The Morgan fingerprint density at radius 3 is 2.58 bits per heavy atom. The second kappa shape index (κ2) is 13.4. The van der Waals surface area contributed by atoms with Crippen molar-refractivity contribution in [2.75, 3.05) is 26.7 Å². The monoisotopic (exact) mass is 560 g/mol. The SMILES string of the molecule is CCc1[nH]c(C)c2c(=O)n(CCCNC3CC[NH+](Cc4ccccc4)CC3)c3ccc(OC)nc3[n+]12.[Cl-].[Cl-]. The Hall–Kier alpha value is -2.65. The van der Waals surface area contributed by atoms with Crippen LogP contribution in [0.3, 0.4) is 0 Å². The molecule has 0 bridgehead atoms. The minimum absolute atomic E-state index is 0. The van der Waals surface area contributed by atoms with Crippen LogP contribution in [0, 0.1) is 6.92 Å². The van der Waals surface area contributed by atoms with E-state index < -0.39 is 0 Å². The lowest BCUT2D eigenvalue weighted by Crippen LogP contribution is -3.12. The number of pyridine rings is 1. The van der Waals surface area contributed by atoms with Crippen LogP contribution >= 0.6 is 0 Å². The van der Waals surface area contributed by atoms with Gasteiger partial charge in [-0.1, -0.05) is 42.2 Å². The van der Waals surface area contributed by atoms with E-state index in [1.165, 1.54) is 31.5 Å². The van der Waals surface area contributed by atoms with Crippen molar-refractivity contribution < 1.29 is 38.9 Å². The second-order valence-corrected chi connectivity index (χ2v) is 9.88. The number of quaternary nitrogens is 1. The fraction of sp³-hybridized carbons (Fsp3) is 0.464. The number of halogens is 2. The zero-order valence-electron chi connectivity index (χ0n) is 22.4. The molecule has 38 heavy (non-hydrogen) atoms. The number of imidazole rings is 1. The van der Waals surface area contributed by atoms with Gasteiger partial charge in [-0.3, -0.25) is 14.3 Å². The second-order valence-electron chi connectivity index (χ2n) is 9.88. The first-order valence-electron chi connectivity index (χ1n) is 13.2. The van der Waals surface area contributed by atoms with Crippen LogP contribution in [0.4, 0.5) is 0 Å². The molecule has 1 aromatic carbocycles. The molecule has 4 heterocycles. The summed E-state index contributed by atoms with van der Waals surface area (Å²) in [6, 6.07) is 15.1. The number of likely N-dealkylation sites (tertiary alicyclic amines) is 1. The molecule has 8 nitrogen and oxygen atoms in total. The van der Waals surface area contributed by atoms with Crippen molar-refractivity contribution in [2.45, 2.75) is 58.7 Å². The van der Waals surface area contributed by atoms with Crippen molar-refractivity contribution in [1.82, 2.24) is 19.9 Å². The van der Waals surface area contributed by atoms with E-state index in [2.05, 4.69) is 47.6 Å². The minimum atomic E-state index is 0. The van der Waals surface area contributed by atoms with Crippen molar-refractivity contribution in [3.05, 3.63) is 69.9 Å². The average Bonchev–Trinajstić information content (AvgIpc) is 3.26. The first kappa shape index (κ1) is 29.9. The van der Waals surface area contributed by atoms with Gasteiger partial charge in [-0.2, -0.15) is 4.40 Å². The molecule has 3 aromatic heterocycles. The number of methoxy groups -OCH3 is 1. The number of hydrogen-bond acceptors (Lipinski definition) is 4. The molecule has 1 saturated heterocycles. The number of H-pyrrole nitrogens is 1. The number of hydrogen-bond donors (Lipinski definition) is 3. The Kier molecular flexibility index (Phi) is 10.6. The zero-order valence-corrected chi connectivity index (χ0v) is 23.9. The van der Waals surface area contributed by atoms with Crippen LogP contribution in [0.15, 0.2) is 47.3 Å². The van der Waals surface area contributed by atoms with Crippen LogP contribution in [0.25, 0.3) is 16.7 Å². The summed E-state index contributed by atoms with van der Waals surface area (Å²) in [6.45, 7) is 9.09. The number of piperidine rings is 1. The molecular formula is C28H38Cl2N6O2. The summed E-state index contributed by atoms with van der Waals surface area (Å²) in [5, 5.41) is 3.75. The molecule has 0 aliphatic carbocycles. The van der Waals surface area contributed by atoms with Crippen LogP contribution in [0.1, 0.15) is 43.3 Å². The number of ether oxygens (including phenoxy) is 1. The Morgan fingerprint density at radius 1 is 1.16 bits per heavy atom. The van der Waals surface area contributed by atoms with E-state index in [-0.39, 0.29) is 30.4 Å². The van der Waals surface area contributed by atoms with Crippen LogP contribution in [0.5, 0.6) is 5.88 Å². The lowest BCUT2D eigenvalue weighted by atomic mass is 10.0. The normalized spacial score (nSPS) is 17.2. The van der Waals surface area contributed by atoms with Gasteiger partial charge in [0.25, 0.3) is 17.1 Å². The lowest BCUT2D eigenvalue weighted by molar-refractivity contribution is -0.918. The molecule has 0 saturated carbocycles. The summed E-state index contributed by atoms with van der Waals surface area (Å²) in [7, 11) is 1.62. The van der Waals surface area contributed by atoms with Gasteiger partial charge in [-0.15, -0.1) is 0 Å². The smallest absolute Gasteiger partial charge is 0.296 e. The predicted molar refractivity (Wildman–Crippen MR) is 141 cm³/mol. The maximum absolute atomic E-state index is 13.6. The summed E-state index contributed by atoms with van der Waals surface area (Å²) in [5.74, 6) is 1.52. The molecule has 1 fully saturated rings. The molecule has 0 unspecified atom stereocenters. The molecule has 1 aliphatic heterocycles. The zero-order chi connectivity index (χ0) is 25.1. The number of aryl methyl sites for hydroxylation is 3. The Bertz CT molecular complexity index is 1400. The van der Waals surface area contributed by atoms with E-state index in [0.717, 1.165) is 48.6 Å². The highest BCUT2D eigenvalue weighted by atomic mass is 35.5. The number of aromatic nitrogens is 4. The predicted octanol–water partition coefficient (Wildman–Crippen LogP) is -4.42. The third-order valence-corrected chi connectivity index (χ3v) is 7.49. The van der Waals surface area contributed by atoms with E-state index in [4.69, 9.17) is 9.72 Å². The van der Waals surface area contributed by atoms with Crippen LogP contribution in [-0.4, -0.2) is 47.3 Å². The third-order valence-electron chi connectivity index (χ3n) is 7.49. The molecule has 5 rings (SSSR count). The first-order valence-corrected chi connectivity index (χ1v) is 13.2. The summed E-state index contributed by atoms with van der Waals surface area (Å²) in [5.41, 5.74) is 4.58. The van der Waals surface area contributed by atoms with Crippen molar-refractivity contribution in [3.63, 3.8) is 0 Å². The van der Waals surface area contributed by atoms with Gasteiger partial charge in [0.1, 0.15) is 17.8 Å². The van der Waals surface area contributed by atoms with Crippen LogP contribution in [-0.2, 0) is 19.5 Å². The number of benzene rings is 1. The number of nitrogens with one attached hydrogen (secondary N) is 3.